The summed E-state index contributed by atoms with van der Waals surface area (Å²) in [5, 5.41) is 12.1. The van der Waals surface area contributed by atoms with E-state index in [-0.39, 0.29) is 0 Å². The van der Waals surface area contributed by atoms with Crippen molar-refractivity contribution in [3.8, 4) is 17.3 Å². The second-order valence-corrected chi connectivity index (χ2v) is 5.67. The van der Waals surface area contributed by atoms with Crippen LogP contribution < -0.4 is 0 Å². The van der Waals surface area contributed by atoms with E-state index in [9.17, 15) is 0 Å². The highest BCUT2D eigenvalue weighted by Crippen LogP contribution is 2.24. The van der Waals surface area contributed by atoms with Crippen molar-refractivity contribution >= 4 is 23.1 Å². The molecule has 0 aliphatic rings. The third kappa shape index (κ3) is 3.09. The second kappa shape index (κ2) is 5.85. The summed E-state index contributed by atoms with van der Waals surface area (Å²) >= 11 is 3.56. The van der Waals surface area contributed by atoms with Crippen LogP contribution in [0, 0.1) is 11.3 Å². The summed E-state index contributed by atoms with van der Waals surface area (Å²) in [5.74, 6) is 2.08. The van der Waals surface area contributed by atoms with Crippen molar-refractivity contribution in [3.63, 3.8) is 0 Å². The number of rotatable bonds is 4. The van der Waals surface area contributed by atoms with E-state index in [0.717, 1.165) is 27.8 Å². The lowest BCUT2D eigenvalue weighted by Gasteiger charge is -1.96. The molecule has 0 radical (unpaired) electrons. The summed E-state index contributed by atoms with van der Waals surface area (Å²) in [7, 11) is 0. The Morgan fingerprint density at radius 3 is 3.12 bits per heavy atom. The minimum atomic E-state index is 0.681. The van der Waals surface area contributed by atoms with Gasteiger partial charge >= 0.3 is 0 Å². The van der Waals surface area contributed by atoms with E-state index in [4.69, 9.17) is 5.26 Å². The Bertz CT molecular complexity index is 540. The molecule has 2 nitrogen and oxygen atoms in total. The first-order valence-corrected chi connectivity index (χ1v) is 7.39. The van der Waals surface area contributed by atoms with Gasteiger partial charge in [-0.3, -0.25) is 0 Å². The highest BCUT2D eigenvalue weighted by atomic mass is 32.2. The summed E-state index contributed by atoms with van der Waals surface area (Å²) in [5.41, 5.74) is 2.67. The van der Waals surface area contributed by atoms with E-state index in [1.807, 2.05) is 36.0 Å². The summed E-state index contributed by atoms with van der Waals surface area (Å²) in [6, 6.07) is 9.73. The summed E-state index contributed by atoms with van der Waals surface area (Å²) in [6.45, 7) is 2.15. The Balaban J connectivity index is 2.21. The zero-order valence-electron chi connectivity index (χ0n) is 9.51. The molecule has 0 fully saturated rings. The number of thioether (sulfide) groups is 1. The normalized spacial score (nSPS) is 10.1. The van der Waals surface area contributed by atoms with Crippen LogP contribution in [0.5, 0.6) is 0 Å². The zero-order chi connectivity index (χ0) is 12.1. The van der Waals surface area contributed by atoms with Gasteiger partial charge in [0.25, 0.3) is 0 Å². The van der Waals surface area contributed by atoms with E-state index >= 15 is 0 Å². The van der Waals surface area contributed by atoms with Gasteiger partial charge in [0.15, 0.2) is 0 Å². The fourth-order valence-corrected chi connectivity index (χ4v) is 3.00. The molecule has 86 valence electrons. The monoisotopic (exact) mass is 260 g/mol. The molecular formula is C13H12N2S2. The molecule has 0 aliphatic carbocycles. The molecule has 0 unspecified atom stereocenters. The molecule has 17 heavy (non-hydrogen) atoms. The van der Waals surface area contributed by atoms with Crippen molar-refractivity contribution in [1.29, 1.82) is 5.26 Å². The Kier molecular flexibility index (Phi) is 4.18. The number of hydrogen-bond acceptors (Lipinski definition) is 4. The number of hydrogen-bond donors (Lipinski definition) is 0. The van der Waals surface area contributed by atoms with E-state index in [1.54, 1.807) is 11.3 Å². The molecule has 0 bridgehead atoms. The summed E-state index contributed by atoms with van der Waals surface area (Å²) in [4.78, 5) is 4.58. The largest absolute Gasteiger partial charge is 0.240 e. The van der Waals surface area contributed by atoms with Crippen molar-refractivity contribution in [2.24, 2.45) is 0 Å². The van der Waals surface area contributed by atoms with Crippen LogP contribution >= 0.6 is 23.1 Å². The standard InChI is InChI=1S/C13H12N2S2/c1-2-16-9-13-15-12(8-17-13)11-5-3-4-10(6-11)7-14/h3-6,8H,2,9H2,1H3. The summed E-state index contributed by atoms with van der Waals surface area (Å²) < 4.78 is 0. The average Bonchev–Trinajstić information content (AvgIpc) is 2.85. The Morgan fingerprint density at radius 1 is 1.47 bits per heavy atom. The molecule has 1 aromatic heterocycles. The van der Waals surface area contributed by atoms with Crippen LogP contribution in [0.15, 0.2) is 29.6 Å². The average molecular weight is 260 g/mol. The first kappa shape index (κ1) is 12.2. The molecule has 0 N–H and O–H groups in total. The molecule has 0 saturated heterocycles. The molecule has 2 rings (SSSR count). The molecule has 0 aliphatic heterocycles. The Morgan fingerprint density at radius 2 is 2.35 bits per heavy atom. The smallest absolute Gasteiger partial charge is 0.103 e. The van der Waals surface area contributed by atoms with Gasteiger partial charge in [0.2, 0.25) is 0 Å². The summed E-state index contributed by atoms with van der Waals surface area (Å²) in [6.07, 6.45) is 0. The van der Waals surface area contributed by atoms with Gasteiger partial charge in [0.1, 0.15) is 5.01 Å². The maximum Gasteiger partial charge on any atom is 0.103 e. The molecule has 0 spiro atoms. The van der Waals surface area contributed by atoms with E-state index in [2.05, 4.69) is 23.4 Å². The first-order chi connectivity index (χ1) is 8.33. The molecule has 1 aromatic carbocycles. The van der Waals surface area contributed by atoms with E-state index < -0.39 is 0 Å². The SMILES string of the molecule is CCSCc1nc(-c2cccc(C#N)c2)cs1. The molecule has 1 heterocycles. The molecular weight excluding hydrogens is 248 g/mol. The van der Waals surface area contributed by atoms with Crippen molar-refractivity contribution in [2.75, 3.05) is 5.75 Å². The highest BCUT2D eigenvalue weighted by Gasteiger charge is 2.05. The van der Waals surface area contributed by atoms with E-state index in [1.165, 1.54) is 0 Å². The van der Waals surface area contributed by atoms with Crippen molar-refractivity contribution in [1.82, 2.24) is 4.98 Å². The van der Waals surface area contributed by atoms with Crippen molar-refractivity contribution < 1.29 is 0 Å². The topological polar surface area (TPSA) is 36.7 Å². The molecule has 4 heteroatoms. The van der Waals surface area contributed by atoms with Crippen LogP contribution in [-0.2, 0) is 5.75 Å². The number of nitrogens with zero attached hydrogens (tertiary/aromatic N) is 2. The van der Waals surface area contributed by atoms with Gasteiger partial charge in [-0.15, -0.1) is 11.3 Å². The molecule has 0 saturated carbocycles. The van der Waals surface area contributed by atoms with Crippen LogP contribution in [0.25, 0.3) is 11.3 Å². The van der Waals surface area contributed by atoms with Gasteiger partial charge in [0, 0.05) is 16.7 Å². The fraction of sp³-hybridized carbons (Fsp3) is 0.231. The molecule has 0 atom stereocenters. The molecule has 0 amide bonds. The number of nitriles is 1. The van der Waals surface area contributed by atoms with Gasteiger partial charge < -0.3 is 0 Å². The van der Waals surface area contributed by atoms with Gasteiger partial charge in [-0.2, -0.15) is 17.0 Å². The van der Waals surface area contributed by atoms with Crippen molar-refractivity contribution in [2.45, 2.75) is 12.7 Å². The highest BCUT2D eigenvalue weighted by molar-refractivity contribution is 7.98. The lowest BCUT2D eigenvalue weighted by atomic mass is 10.1. The zero-order valence-corrected chi connectivity index (χ0v) is 11.1. The van der Waals surface area contributed by atoms with Gasteiger partial charge in [-0.25, -0.2) is 4.98 Å². The van der Waals surface area contributed by atoms with Crippen molar-refractivity contribution in [3.05, 3.63) is 40.2 Å². The fourth-order valence-electron chi connectivity index (χ4n) is 1.45. The van der Waals surface area contributed by atoms with Crippen LogP contribution in [0.3, 0.4) is 0 Å². The molecule has 2 aromatic rings. The Hall–Kier alpha value is -1.31. The van der Waals surface area contributed by atoms with Crippen LogP contribution in [0.4, 0.5) is 0 Å². The van der Waals surface area contributed by atoms with E-state index in [0.29, 0.717) is 5.56 Å². The maximum absolute atomic E-state index is 8.86. The van der Waals surface area contributed by atoms with Gasteiger partial charge in [-0.05, 0) is 17.9 Å². The lowest BCUT2D eigenvalue weighted by molar-refractivity contribution is 1.26. The predicted molar refractivity (Wildman–Crippen MR) is 74.1 cm³/mol. The number of aromatic nitrogens is 1. The minimum Gasteiger partial charge on any atom is -0.240 e. The number of benzene rings is 1. The third-order valence-corrected chi connectivity index (χ3v) is 4.19. The first-order valence-electron chi connectivity index (χ1n) is 5.36. The maximum atomic E-state index is 8.86. The second-order valence-electron chi connectivity index (χ2n) is 3.46. The quantitative estimate of drug-likeness (QED) is 0.835. The lowest BCUT2D eigenvalue weighted by Crippen LogP contribution is -1.82. The van der Waals surface area contributed by atoms with Gasteiger partial charge in [0.05, 0.1) is 17.3 Å². The van der Waals surface area contributed by atoms with Crippen LogP contribution in [0.2, 0.25) is 0 Å². The van der Waals surface area contributed by atoms with Crippen LogP contribution in [-0.4, -0.2) is 10.7 Å². The number of thiazole rings is 1. The third-order valence-electron chi connectivity index (χ3n) is 2.27. The Labute approximate surface area is 109 Å². The van der Waals surface area contributed by atoms with Crippen LogP contribution in [0.1, 0.15) is 17.5 Å². The minimum absolute atomic E-state index is 0.681. The predicted octanol–water partition coefficient (Wildman–Crippen LogP) is 3.93. The van der Waals surface area contributed by atoms with Gasteiger partial charge in [-0.1, -0.05) is 19.1 Å².